The first-order valence-electron chi connectivity index (χ1n) is 8.00. The summed E-state index contributed by atoms with van der Waals surface area (Å²) in [6, 6.07) is -1.14. The van der Waals surface area contributed by atoms with E-state index in [1.54, 1.807) is 20.8 Å². The van der Waals surface area contributed by atoms with E-state index in [1.807, 2.05) is 20.8 Å². The predicted octanol–water partition coefficient (Wildman–Crippen LogP) is 1.33. The van der Waals surface area contributed by atoms with Crippen LogP contribution in [-0.4, -0.2) is 53.1 Å². The molecule has 7 heteroatoms. The van der Waals surface area contributed by atoms with Gasteiger partial charge in [0.25, 0.3) is 0 Å². The van der Waals surface area contributed by atoms with Crippen molar-refractivity contribution in [3.8, 4) is 0 Å². The lowest BCUT2D eigenvalue weighted by Gasteiger charge is -2.27. The van der Waals surface area contributed by atoms with Crippen molar-refractivity contribution in [3.05, 3.63) is 0 Å². The molecule has 1 heterocycles. The van der Waals surface area contributed by atoms with Crippen LogP contribution < -0.4 is 10.6 Å². The zero-order valence-electron chi connectivity index (χ0n) is 14.9. The molecule has 0 aromatic heterocycles. The van der Waals surface area contributed by atoms with Crippen LogP contribution in [0.4, 0.5) is 4.79 Å². The molecule has 23 heavy (non-hydrogen) atoms. The van der Waals surface area contributed by atoms with Crippen LogP contribution in [0.1, 0.15) is 54.4 Å². The Morgan fingerprint density at radius 2 is 1.70 bits per heavy atom. The molecule has 1 aliphatic rings. The zero-order chi connectivity index (χ0) is 17.8. The fraction of sp³-hybridized carbons (Fsp3) is 0.875. The van der Waals surface area contributed by atoms with E-state index >= 15 is 0 Å². The van der Waals surface area contributed by atoms with E-state index < -0.39 is 29.4 Å². The molecule has 3 atom stereocenters. The van der Waals surface area contributed by atoms with Crippen LogP contribution >= 0.6 is 0 Å². The van der Waals surface area contributed by atoms with Gasteiger partial charge in [0, 0.05) is 6.04 Å². The zero-order valence-corrected chi connectivity index (χ0v) is 14.9. The molecule has 0 aromatic rings. The van der Waals surface area contributed by atoms with Crippen molar-refractivity contribution in [3.63, 3.8) is 0 Å². The fourth-order valence-electron chi connectivity index (χ4n) is 2.38. The highest BCUT2D eigenvalue weighted by atomic mass is 16.6. The van der Waals surface area contributed by atoms with Crippen LogP contribution in [0.25, 0.3) is 0 Å². The summed E-state index contributed by atoms with van der Waals surface area (Å²) in [7, 11) is 0. The number of aliphatic hydroxyl groups is 1. The molecule has 0 saturated carbocycles. The number of hydrogen-bond donors (Lipinski definition) is 3. The van der Waals surface area contributed by atoms with Gasteiger partial charge in [0.15, 0.2) is 0 Å². The van der Waals surface area contributed by atoms with Gasteiger partial charge in [-0.3, -0.25) is 10.1 Å². The van der Waals surface area contributed by atoms with Gasteiger partial charge < -0.3 is 19.9 Å². The van der Waals surface area contributed by atoms with E-state index in [0.717, 1.165) is 0 Å². The standard InChI is InChI=1S/C16H30N2O5/c1-15(2,3)22-13(20)11-8-7-10(17-11)12(9-19)18-14(21)23-16(4,5)6/h10-12,17,19H,7-9H2,1-6H3,(H,18,21)/t10-,11-,12+/m0/s1. The van der Waals surface area contributed by atoms with Gasteiger partial charge in [-0.15, -0.1) is 0 Å². The van der Waals surface area contributed by atoms with Gasteiger partial charge in [-0.05, 0) is 54.4 Å². The van der Waals surface area contributed by atoms with E-state index in [1.165, 1.54) is 0 Å². The maximum Gasteiger partial charge on any atom is 0.408 e. The van der Waals surface area contributed by atoms with Crippen LogP contribution in [0, 0.1) is 0 Å². The molecular formula is C16H30N2O5. The third kappa shape index (κ3) is 7.18. The average Bonchev–Trinajstić information content (AvgIpc) is 2.81. The molecule has 134 valence electrons. The third-order valence-corrected chi connectivity index (χ3v) is 3.26. The second kappa shape index (κ2) is 7.49. The second-order valence-corrected chi connectivity index (χ2v) is 7.87. The lowest BCUT2D eigenvalue weighted by molar-refractivity contribution is -0.157. The van der Waals surface area contributed by atoms with E-state index in [9.17, 15) is 14.7 Å². The van der Waals surface area contributed by atoms with Gasteiger partial charge >= 0.3 is 12.1 Å². The molecule has 1 fully saturated rings. The molecule has 0 bridgehead atoms. The number of aliphatic hydroxyl groups excluding tert-OH is 1. The summed E-state index contributed by atoms with van der Waals surface area (Å²) < 4.78 is 10.5. The Labute approximate surface area is 138 Å². The Bertz CT molecular complexity index is 425. The number of carbonyl (C=O) groups is 2. The number of alkyl carbamates (subject to hydrolysis) is 1. The number of esters is 1. The fourth-order valence-corrected chi connectivity index (χ4v) is 2.38. The average molecular weight is 330 g/mol. The third-order valence-electron chi connectivity index (χ3n) is 3.26. The quantitative estimate of drug-likeness (QED) is 0.673. The molecule has 7 nitrogen and oxygen atoms in total. The molecule has 0 aliphatic carbocycles. The minimum absolute atomic E-state index is 0.204. The Hall–Kier alpha value is -1.34. The molecule has 1 saturated heterocycles. The Kier molecular flexibility index (Phi) is 6.41. The summed E-state index contributed by atoms with van der Waals surface area (Å²) >= 11 is 0. The summed E-state index contributed by atoms with van der Waals surface area (Å²) in [5.41, 5.74) is -1.14. The number of carbonyl (C=O) groups excluding carboxylic acids is 2. The van der Waals surface area contributed by atoms with E-state index in [4.69, 9.17) is 9.47 Å². The van der Waals surface area contributed by atoms with E-state index in [0.29, 0.717) is 12.8 Å². The number of nitrogens with one attached hydrogen (secondary N) is 2. The highest BCUT2D eigenvalue weighted by Gasteiger charge is 2.36. The van der Waals surface area contributed by atoms with Crippen LogP contribution in [0.2, 0.25) is 0 Å². The van der Waals surface area contributed by atoms with Crippen molar-refractivity contribution in [2.75, 3.05) is 6.61 Å². The minimum Gasteiger partial charge on any atom is -0.459 e. The lowest BCUT2D eigenvalue weighted by atomic mass is 10.1. The van der Waals surface area contributed by atoms with Gasteiger partial charge in [0.2, 0.25) is 0 Å². The maximum atomic E-state index is 12.1. The molecular weight excluding hydrogens is 300 g/mol. The lowest BCUT2D eigenvalue weighted by Crippen LogP contribution is -2.53. The summed E-state index contributed by atoms with van der Waals surface area (Å²) in [5, 5.41) is 15.3. The van der Waals surface area contributed by atoms with E-state index in [2.05, 4.69) is 10.6 Å². The predicted molar refractivity (Wildman–Crippen MR) is 86.0 cm³/mol. The van der Waals surface area contributed by atoms with Crippen molar-refractivity contribution in [1.82, 2.24) is 10.6 Å². The Morgan fingerprint density at radius 1 is 1.13 bits per heavy atom. The molecule has 1 amide bonds. The smallest absolute Gasteiger partial charge is 0.408 e. The molecule has 3 N–H and O–H groups in total. The van der Waals surface area contributed by atoms with Gasteiger partial charge in [0.05, 0.1) is 12.6 Å². The van der Waals surface area contributed by atoms with Gasteiger partial charge in [-0.25, -0.2) is 4.79 Å². The molecule has 0 radical (unpaired) electrons. The first kappa shape index (κ1) is 19.7. The van der Waals surface area contributed by atoms with E-state index in [-0.39, 0.29) is 18.6 Å². The topological polar surface area (TPSA) is 96.9 Å². The normalized spacial score (nSPS) is 23.3. The first-order valence-corrected chi connectivity index (χ1v) is 8.00. The summed E-state index contributed by atoms with van der Waals surface area (Å²) in [6.45, 7) is 10.5. The highest BCUT2D eigenvalue weighted by molar-refractivity contribution is 5.76. The van der Waals surface area contributed by atoms with Gasteiger partial charge in [-0.1, -0.05) is 0 Å². The number of amides is 1. The summed E-state index contributed by atoms with van der Waals surface area (Å²) in [6.07, 6.45) is 0.677. The van der Waals surface area contributed by atoms with Gasteiger partial charge in [0.1, 0.15) is 17.2 Å². The van der Waals surface area contributed by atoms with Crippen molar-refractivity contribution < 1.29 is 24.2 Å². The van der Waals surface area contributed by atoms with Crippen molar-refractivity contribution in [2.24, 2.45) is 0 Å². The molecule has 0 aromatic carbocycles. The SMILES string of the molecule is CC(C)(C)OC(=O)N[C@H](CO)[C@@H]1CC[C@@H](C(=O)OC(C)(C)C)N1. The molecule has 0 unspecified atom stereocenters. The highest BCUT2D eigenvalue weighted by Crippen LogP contribution is 2.19. The number of rotatable bonds is 4. The van der Waals surface area contributed by atoms with Crippen LogP contribution in [-0.2, 0) is 14.3 Å². The first-order chi connectivity index (χ1) is 10.4. The van der Waals surface area contributed by atoms with Crippen molar-refractivity contribution in [2.45, 2.75) is 83.7 Å². The molecule has 0 spiro atoms. The maximum absolute atomic E-state index is 12.1. The van der Waals surface area contributed by atoms with Crippen LogP contribution in [0.3, 0.4) is 0 Å². The second-order valence-electron chi connectivity index (χ2n) is 7.87. The number of ether oxygens (including phenoxy) is 2. The largest absolute Gasteiger partial charge is 0.459 e. The van der Waals surface area contributed by atoms with Crippen molar-refractivity contribution in [1.29, 1.82) is 0 Å². The monoisotopic (exact) mass is 330 g/mol. The Morgan fingerprint density at radius 3 is 2.17 bits per heavy atom. The molecule has 1 rings (SSSR count). The Balaban J connectivity index is 2.55. The van der Waals surface area contributed by atoms with Gasteiger partial charge in [-0.2, -0.15) is 0 Å². The molecule has 1 aliphatic heterocycles. The summed E-state index contributed by atoms with van der Waals surface area (Å²) in [5.74, 6) is -0.311. The van der Waals surface area contributed by atoms with Crippen LogP contribution in [0.5, 0.6) is 0 Å². The van der Waals surface area contributed by atoms with Crippen molar-refractivity contribution >= 4 is 12.1 Å². The minimum atomic E-state index is -0.605. The summed E-state index contributed by atoms with van der Waals surface area (Å²) in [4.78, 5) is 23.9. The number of hydrogen-bond acceptors (Lipinski definition) is 6. The van der Waals surface area contributed by atoms with Crippen LogP contribution in [0.15, 0.2) is 0 Å².